The molecule has 1 atom stereocenters. The number of carbonyl (C=O) groups excluding carboxylic acids is 2. The molecule has 1 unspecified atom stereocenters. The minimum absolute atomic E-state index is 0.0197. The molecule has 0 radical (unpaired) electrons. The fourth-order valence-electron chi connectivity index (χ4n) is 4.63. The molecule has 2 N–H and O–H groups in total. The van der Waals surface area contributed by atoms with Crippen molar-refractivity contribution in [1.29, 1.82) is 0 Å². The molecule has 1 spiro atoms. The second-order valence-electron chi connectivity index (χ2n) is 8.32. The first-order valence-electron chi connectivity index (χ1n) is 10.2. The molecule has 2 aliphatic heterocycles. The molecule has 1 aromatic carbocycles. The molecular formula is C21H30N4O2. The van der Waals surface area contributed by atoms with Crippen molar-refractivity contribution in [3.8, 4) is 0 Å². The van der Waals surface area contributed by atoms with Crippen molar-refractivity contribution in [2.75, 3.05) is 37.6 Å². The van der Waals surface area contributed by atoms with E-state index in [1.165, 1.54) is 25.8 Å². The van der Waals surface area contributed by atoms with Crippen LogP contribution in [0.1, 0.15) is 48.5 Å². The highest BCUT2D eigenvalue weighted by atomic mass is 16.2. The molecule has 3 aliphatic rings. The zero-order valence-corrected chi connectivity index (χ0v) is 16.4. The van der Waals surface area contributed by atoms with Gasteiger partial charge >= 0.3 is 6.03 Å². The molecule has 1 saturated carbocycles. The van der Waals surface area contributed by atoms with Gasteiger partial charge in [0.05, 0.1) is 0 Å². The van der Waals surface area contributed by atoms with Crippen LogP contribution in [0.25, 0.3) is 0 Å². The summed E-state index contributed by atoms with van der Waals surface area (Å²) in [4.78, 5) is 29.0. The summed E-state index contributed by atoms with van der Waals surface area (Å²) in [5.41, 5.74) is 2.80. The number of benzene rings is 1. The summed E-state index contributed by atoms with van der Waals surface area (Å²) in [6.45, 7) is 8.98. The Hall–Kier alpha value is -2.08. The minimum atomic E-state index is -0.0874. The first-order chi connectivity index (χ1) is 13.0. The molecule has 0 bridgehead atoms. The number of urea groups is 1. The number of amides is 3. The summed E-state index contributed by atoms with van der Waals surface area (Å²) in [5.74, 6) is -0.0197. The van der Waals surface area contributed by atoms with Gasteiger partial charge in [0.15, 0.2) is 0 Å². The molecular weight excluding hydrogens is 340 g/mol. The van der Waals surface area contributed by atoms with Crippen molar-refractivity contribution in [3.63, 3.8) is 0 Å². The molecule has 2 heterocycles. The maximum absolute atomic E-state index is 12.8. The maximum atomic E-state index is 12.8. The lowest BCUT2D eigenvalue weighted by atomic mass is 9.92. The van der Waals surface area contributed by atoms with E-state index in [-0.39, 0.29) is 11.9 Å². The molecule has 1 aliphatic carbocycles. The van der Waals surface area contributed by atoms with Gasteiger partial charge < -0.3 is 15.5 Å². The van der Waals surface area contributed by atoms with Gasteiger partial charge in [-0.15, -0.1) is 0 Å². The number of hydrogen-bond donors (Lipinski definition) is 2. The largest absolute Gasteiger partial charge is 0.349 e. The average Bonchev–Trinajstić information content (AvgIpc) is 3.12. The number of piperidine rings is 1. The summed E-state index contributed by atoms with van der Waals surface area (Å²) < 4.78 is 0. The fraction of sp³-hybridized carbons (Fsp3) is 0.619. The molecule has 3 fully saturated rings. The molecule has 6 heteroatoms. The van der Waals surface area contributed by atoms with E-state index in [1.54, 1.807) is 4.90 Å². The van der Waals surface area contributed by atoms with Crippen molar-refractivity contribution >= 4 is 17.6 Å². The van der Waals surface area contributed by atoms with Gasteiger partial charge in [0.2, 0.25) is 0 Å². The third kappa shape index (κ3) is 3.55. The fourth-order valence-corrected chi connectivity index (χ4v) is 4.63. The molecule has 0 aromatic heterocycles. The third-order valence-electron chi connectivity index (χ3n) is 6.51. The highest BCUT2D eigenvalue weighted by Gasteiger charge is 2.55. The van der Waals surface area contributed by atoms with E-state index >= 15 is 0 Å². The van der Waals surface area contributed by atoms with E-state index < -0.39 is 0 Å². The summed E-state index contributed by atoms with van der Waals surface area (Å²) in [7, 11) is 0. The van der Waals surface area contributed by atoms with Crippen LogP contribution in [-0.4, -0.2) is 55.6 Å². The van der Waals surface area contributed by atoms with Crippen LogP contribution in [0.5, 0.6) is 0 Å². The second kappa shape index (κ2) is 7.15. The predicted molar refractivity (Wildman–Crippen MR) is 106 cm³/mol. The van der Waals surface area contributed by atoms with Crippen molar-refractivity contribution in [1.82, 2.24) is 15.5 Å². The topological polar surface area (TPSA) is 64.7 Å². The monoisotopic (exact) mass is 370 g/mol. The van der Waals surface area contributed by atoms with Gasteiger partial charge in [-0.05, 0) is 75.4 Å². The quantitative estimate of drug-likeness (QED) is 0.837. The van der Waals surface area contributed by atoms with E-state index in [9.17, 15) is 9.59 Å². The van der Waals surface area contributed by atoms with Crippen molar-refractivity contribution in [2.24, 2.45) is 5.41 Å². The normalized spacial score (nSPS) is 24.1. The van der Waals surface area contributed by atoms with Crippen LogP contribution in [-0.2, 0) is 0 Å². The van der Waals surface area contributed by atoms with Crippen molar-refractivity contribution in [2.45, 2.75) is 45.6 Å². The molecule has 2 saturated heterocycles. The number of anilines is 1. The number of likely N-dealkylation sites (tertiary alicyclic amines) is 1. The summed E-state index contributed by atoms with van der Waals surface area (Å²) in [6, 6.07) is 5.86. The van der Waals surface area contributed by atoms with Gasteiger partial charge in [-0.25, -0.2) is 4.79 Å². The number of rotatable bonds is 5. The highest BCUT2D eigenvalue weighted by molar-refractivity contribution is 5.99. The first kappa shape index (κ1) is 18.3. The standard InChI is InChI=1S/C21H30N4O2/c1-3-9-24-10-6-21(7-11-24)14-18(21)23-19(26)16-5-4-15(2)17(13-16)25-12-8-22-20(25)27/h4-5,13,18H,3,6-12,14H2,1-2H3,(H,22,27)(H,23,26). The lowest BCUT2D eigenvalue weighted by molar-refractivity contribution is 0.0935. The van der Waals surface area contributed by atoms with Gasteiger partial charge in [-0.1, -0.05) is 13.0 Å². The number of carbonyl (C=O) groups is 2. The SMILES string of the molecule is CCCN1CCC2(CC1)CC2NC(=O)c1ccc(C)c(N2CCNC2=O)c1. The van der Waals surface area contributed by atoms with Gasteiger partial charge in [0, 0.05) is 30.4 Å². The van der Waals surface area contributed by atoms with Gasteiger partial charge in [-0.2, -0.15) is 0 Å². The Kier molecular flexibility index (Phi) is 4.84. The number of hydrogen-bond acceptors (Lipinski definition) is 3. The predicted octanol–water partition coefficient (Wildman–Crippen LogP) is 2.52. The van der Waals surface area contributed by atoms with Crippen LogP contribution >= 0.6 is 0 Å². The molecule has 4 rings (SSSR count). The van der Waals surface area contributed by atoms with Crippen LogP contribution in [0.15, 0.2) is 18.2 Å². The van der Waals surface area contributed by atoms with Crippen LogP contribution in [0.4, 0.5) is 10.5 Å². The Morgan fingerprint density at radius 3 is 2.74 bits per heavy atom. The first-order valence-corrected chi connectivity index (χ1v) is 10.2. The van der Waals surface area contributed by atoms with Crippen molar-refractivity contribution < 1.29 is 9.59 Å². The Bertz CT molecular complexity index is 740. The van der Waals surface area contributed by atoms with Gasteiger partial charge in [0.25, 0.3) is 5.91 Å². The lowest BCUT2D eigenvalue weighted by Gasteiger charge is -2.32. The van der Waals surface area contributed by atoms with E-state index in [0.29, 0.717) is 30.1 Å². The van der Waals surface area contributed by atoms with Crippen LogP contribution in [0, 0.1) is 12.3 Å². The Labute approximate surface area is 161 Å². The molecule has 146 valence electrons. The summed E-state index contributed by atoms with van der Waals surface area (Å²) in [6.07, 6.45) is 4.68. The molecule has 6 nitrogen and oxygen atoms in total. The highest BCUT2D eigenvalue weighted by Crippen LogP contribution is 2.53. The minimum Gasteiger partial charge on any atom is -0.349 e. The number of nitrogens with one attached hydrogen (secondary N) is 2. The zero-order valence-electron chi connectivity index (χ0n) is 16.4. The lowest BCUT2D eigenvalue weighted by Crippen LogP contribution is -2.39. The second-order valence-corrected chi connectivity index (χ2v) is 8.32. The molecule has 3 amide bonds. The van der Waals surface area contributed by atoms with Crippen molar-refractivity contribution in [3.05, 3.63) is 29.3 Å². The van der Waals surface area contributed by atoms with Crippen LogP contribution < -0.4 is 15.5 Å². The Morgan fingerprint density at radius 2 is 2.07 bits per heavy atom. The number of nitrogens with zero attached hydrogens (tertiary/aromatic N) is 2. The smallest absolute Gasteiger partial charge is 0.322 e. The Morgan fingerprint density at radius 1 is 1.30 bits per heavy atom. The molecule has 1 aromatic rings. The number of aryl methyl sites for hydroxylation is 1. The molecule has 27 heavy (non-hydrogen) atoms. The maximum Gasteiger partial charge on any atom is 0.322 e. The van der Waals surface area contributed by atoms with Crippen LogP contribution in [0.2, 0.25) is 0 Å². The Balaban J connectivity index is 1.39. The third-order valence-corrected chi connectivity index (χ3v) is 6.51. The average molecular weight is 370 g/mol. The van der Waals surface area contributed by atoms with Gasteiger partial charge in [-0.3, -0.25) is 9.69 Å². The zero-order chi connectivity index (χ0) is 19.0. The van der Waals surface area contributed by atoms with E-state index in [2.05, 4.69) is 22.5 Å². The van der Waals surface area contributed by atoms with E-state index in [4.69, 9.17) is 0 Å². The summed E-state index contributed by atoms with van der Waals surface area (Å²) >= 11 is 0. The van der Waals surface area contributed by atoms with E-state index in [1.807, 2.05) is 25.1 Å². The van der Waals surface area contributed by atoms with Crippen LogP contribution in [0.3, 0.4) is 0 Å². The van der Waals surface area contributed by atoms with Gasteiger partial charge in [0.1, 0.15) is 0 Å². The van der Waals surface area contributed by atoms with E-state index in [0.717, 1.165) is 30.8 Å². The summed E-state index contributed by atoms with van der Waals surface area (Å²) in [5, 5.41) is 6.07.